The third kappa shape index (κ3) is 29.1. The van der Waals surface area contributed by atoms with Crippen LogP contribution in [0.1, 0.15) is 312 Å². The van der Waals surface area contributed by atoms with E-state index in [1.165, 1.54) is 254 Å². The number of hydrogen-bond acceptors (Lipinski definition) is 0. The molecule has 0 unspecified atom stereocenters. The van der Waals surface area contributed by atoms with E-state index in [9.17, 15) is 0 Å². The number of aryl methyl sites for hydroxylation is 6. The molecule has 0 aliphatic heterocycles. The van der Waals surface area contributed by atoms with Gasteiger partial charge in [-0.25, -0.2) is 0 Å². The van der Waals surface area contributed by atoms with E-state index in [-0.39, 0.29) is 0 Å². The molecule has 0 N–H and O–H groups in total. The maximum absolute atomic E-state index is 2.54. The molecule has 0 nitrogen and oxygen atoms in total. The van der Waals surface area contributed by atoms with Crippen molar-refractivity contribution in [3.05, 3.63) is 179 Å². The first-order chi connectivity index (χ1) is 49.0. The van der Waals surface area contributed by atoms with Crippen LogP contribution in [-0.4, -0.2) is 0 Å². The molecule has 0 amide bonds. The molecular formula is C102H150. The first kappa shape index (κ1) is 83.8. The Labute approximate surface area is 630 Å². The standard InChI is InChI=1S/C102H150/c1-73(2)25-19-31-79(13)37-43-85-49-61-91(62-50-85)97-98(92-63-51-86(52-64-92)44-38-80(14)32-20-26-74(3)4)100(94-67-55-88(56-68-94)46-40-82(16)34-22-28-76(7)8)102(96-71-59-90(60-72-96)48-42-84(18)36-24-30-78(11)12)101(95-69-57-89(58-70-95)47-41-83(17)35-23-29-77(9)10)99(97)93-65-53-87(54-66-93)45-39-81(15)33-21-27-75(5)6/h49-84H,19-48H2,1-18H3/t79-,80-,81-,82-,83-,84-/m0/s1. The van der Waals surface area contributed by atoms with E-state index in [0.717, 1.165) is 74.0 Å². The Kier molecular flexibility index (Phi) is 36.6. The fraction of sp³-hybridized carbons (Fsp3) is 0.588. The lowest BCUT2D eigenvalue weighted by Gasteiger charge is -2.29. The average Bonchev–Trinajstić information content (AvgIpc) is 0.716. The van der Waals surface area contributed by atoms with Crippen LogP contribution in [0.15, 0.2) is 146 Å². The fourth-order valence-electron chi connectivity index (χ4n) is 16.1. The summed E-state index contributed by atoms with van der Waals surface area (Å²) >= 11 is 0. The molecule has 7 rings (SSSR count). The van der Waals surface area contributed by atoms with Crippen LogP contribution in [0.2, 0.25) is 0 Å². The molecular weight excluding hydrogens is 1230 g/mol. The summed E-state index contributed by atoms with van der Waals surface area (Å²) in [5.41, 5.74) is 24.5. The number of hydrogen-bond donors (Lipinski definition) is 0. The molecule has 0 bridgehead atoms. The Bertz CT molecular complexity index is 2770. The summed E-state index contributed by atoms with van der Waals surface area (Å²) in [6, 6.07) is 60.5. The maximum Gasteiger partial charge on any atom is -0.00139 e. The molecule has 0 aromatic heterocycles. The van der Waals surface area contributed by atoms with Crippen LogP contribution >= 0.6 is 0 Å². The van der Waals surface area contributed by atoms with Crippen molar-refractivity contribution in [2.45, 2.75) is 317 Å². The predicted molar refractivity (Wildman–Crippen MR) is 456 cm³/mol. The molecule has 0 spiro atoms. The summed E-state index contributed by atoms with van der Waals surface area (Å²) in [7, 11) is 0. The van der Waals surface area contributed by atoms with Gasteiger partial charge in [-0.1, -0.05) is 386 Å². The Balaban J connectivity index is 1.54. The minimum atomic E-state index is 0.706. The molecule has 7 aromatic carbocycles. The van der Waals surface area contributed by atoms with Gasteiger partial charge in [-0.3, -0.25) is 0 Å². The van der Waals surface area contributed by atoms with Gasteiger partial charge in [0.1, 0.15) is 0 Å². The fourth-order valence-corrected chi connectivity index (χ4v) is 16.1. The number of rotatable bonds is 48. The first-order valence-corrected chi connectivity index (χ1v) is 42.8. The Morgan fingerprint density at radius 1 is 0.147 bits per heavy atom. The SMILES string of the molecule is CC(C)CCC[C@H](C)CCc1ccc(-c2c(-c3ccc(CC[C@@H](C)CCCC(C)C)cc3)c(-c3ccc(CC[C@@H](C)CCCC(C)C)cc3)c(-c3ccc(CC[C@@H](C)CCCC(C)C)cc3)c(-c3ccc(CC[C@@H](C)CCCC(C)C)cc3)c2-c2ccc(CC[C@@H](C)CCCC(C)C)cc2)cc1. The Hall–Kier alpha value is -5.46. The van der Waals surface area contributed by atoms with Gasteiger partial charge in [-0.05, 0) is 248 Å². The van der Waals surface area contributed by atoms with Gasteiger partial charge in [0.15, 0.2) is 0 Å². The van der Waals surface area contributed by atoms with Crippen LogP contribution in [0.4, 0.5) is 0 Å². The smallest absolute Gasteiger partial charge is 0.00139 e. The summed E-state index contributed by atoms with van der Waals surface area (Å²) in [4.78, 5) is 0. The second-order valence-corrected chi connectivity index (χ2v) is 36.2. The van der Waals surface area contributed by atoms with Crippen molar-refractivity contribution in [1.29, 1.82) is 0 Å². The van der Waals surface area contributed by atoms with Crippen LogP contribution in [0.3, 0.4) is 0 Å². The third-order valence-electron chi connectivity index (χ3n) is 23.4. The summed E-state index contributed by atoms with van der Waals surface area (Å²) in [5, 5.41) is 0. The van der Waals surface area contributed by atoms with Crippen molar-refractivity contribution in [3.8, 4) is 66.8 Å². The molecule has 0 heteroatoms. The quantitative estimate of drug-likeness (QED) is 0.0357. The molecule has 6 atom stereocenters. The monoisotopic (exact) mass is 1380 g/mol. The second kappa shape index (κ2) is 44.5. The maximum atomic E-state index is 2.54. The third-order valence-corrected chi connectivity index (χ3v) is 23.4. The lowest BCUT2D eigenvalue weighted by atomic mass is 9.73. The lowest BCUT2D eigenvalue weighted by molar-refractivity contribution is 0.437. The molecule has 558 valence electrons. The van der Waals surface area contributed by atoms with Crippen LogP contribution < -0.4 is 0 Å². The minimum absolute atomic E-state index is 0.706. The van der Waals surface area contributed by atoms with E-state index in [0.29, 0.717) is 35.5 Å². The van der Waals surface area contributed by atoms with E-state index < -0.39 is 0 Å². The van der Waals surface area contributed by atoms with Crippen LogP contribution in [0.25, 0.3) is 66.8 Å². The van der Waals surface area contributed by atoms with Crippen molar-refractivity contribution in [2.24, 2.45) is 71.0 Å². The van der Waals surface area contributed by atoms with Crippen molar-refractivity contribution < 1.29 is 0 Å². The zero-order chi connectivity index (χ0) is 73.5. The van der Waals surface area contributed by atoms with E-state index in [1.54, 1.807) is 0 Å². The normalized spacial score (nSPS) is 13.9. The molecule has 0 saturated carbocycles. The average molecular weight is 1380 g/mol. The van der Waals surface area contributed by atoms with Crippen molar-refractivity contribution in [1.82, 2.24) is 0 Å². The molecule has 0 aliphatic rings. The zero-order valence-electron chi connectivity index (χ0n) is 69.0. The van der Waals surface area contributed by atoms with E-state index >= 15 is 0 Å². The Morgan fingerprint density at radius 2 is 0.265 bits per heavy atom. The first-order valence-electron chi connectivity index (χ1n) is 42.8. The van der Waals surface area contributed by atoms with Crippen molar-refractivity contribution >= 4 is 0 Å². The van der Waals surface area contributed by atoms with Gasteiger partial charge in [0.05, 0.1) is 0 Å². The topological polar surface area (TPSA) is 0 Å². The molecule has 7 aromatic rings. The minimum Gasteiger partial charge on any atom is -0.0628 e. The van der Waals surface area contributed by atoms with Gasteiger partial charge in [0.25, 0.3) is 0 Å². The van der Waals surface area contributed by atoms with E-state index in [4.69, 9.17) is 0 Å². The molecule has 0 aliphatic carbocycles. The predicted octanol–water partition coefficient (Wildman–Crippen LogP) is 32.1. The summed E-state index contributed by atoms with van der Waals surface area (Å²) < 4.78 is 0. The lowest BCUT2D eigenvalue weighted by Crippen LogP contribution is -2.04. The summed E-state index contributed by atoms with van der Waals surface area (Å²) in [6.07, 6.45) is 37.7. The van der Waals surface area contributed by atoms with Gasteiger partial charge in [0.2, 0.25) is 0 Å². The van der Waals surface area contributed by atoms with Gasteiger partial charge in [-0.15, -0.1) is 0 Å². The van der Waals surface area contributed by atoms with Gasteiger partial charge in [-0.2, -0.15) is 0 Å². The second-order valence-electron chi connectivity index (χ2n) is 36.2. The van der Waals surface area contributed by atoms with Crippen LogP contribution in [0.5, 0.6) is 0 Å². The number of benzene rings is 7. The van der Waals surface area contributed by atoms with E-state index in [1.807, 2.05) is 0 Å². The Morgan fingerprint density at radius 3 is 0.373 bits per heavy atom. The highest BCUT2D eigenvalue weighted by Gasteiger charge is 2.30. The highest BCUT2D eigenvalue weighted by atomic mass is 14.3. The summed E-state index contributed by atoms with van der Waals surface area (Å²) in [6.45, 7) is 43.5. The molecule has 102 heavy (non-hydrogen) atoms. The summed E-state index contributed by atoms with van der Waals surface area (Å²) in [5.74, 6) is 8.82. The highest BCUT2D eigenvalue weighted by Crippen LogP contribution is 2.56. The molecule has 0 fully saturated rings. The molecule has 0 radical (unpaired) electrons. The van der Waals surface area contributed by atoms with E-state index in [2.05, 4.69) is 270 Å². The van der Waals surface area contributed by atoms with Crippen LogP contribution in [-0.2, 0) is 38.5 Å². The highest BCUT2D eigenvalue weighted by molar-refractivity contribution is 6.15. The largest absolute Gasteiger partial charge is 0.0628 e. The zero-order valence-corrected chi connectivity index (χ0v) is 69.0. The van der Waals surface area contributed by atoms with Gasteiger partial charge < -0.3 is 0 Å². The van der Waals surface area contributed by atoms with Gasteiger partial charge >= 0.3 is 0 Å². The van der Waals surface area contributed by atoms with Crippen LogP contribution in [0, 0.1) is 71.0 Å². The van der Waals surface area contributed by atoms with Crippen molar-refractivity contribution in [2.75, 3.05) is 0 Å². The van der Waals surface area contributed by atoms with Gasteiger partial charge in [0, 0.05) is 0 Å². The van der Waals surface area contributed by atoms with Crippen molar-refractivity contribution in [3.63, 3.8) is 0 Å². The molecule has 0 saturated heterocycles. The molecule has 0 heterocycles.